The molecule has 0 unspecified atom stereocenters. The second-order valence-electron chi connectivity index (χ2n) is 5.05. The van der Waals surface area contributed by atoms with Gasteiger partial charge in [0.1, 0.15) is 0 Å². The molecular weight excluding hydrogens is 373 g/mol. The molecule has 1 N–H and O–H groups in total. The highest BCUT2D eigenvalue weighted by Gasteiger charge is 2.30. The lowest BCUT2D eigenvalue weighted by Gasteiger charge is -2.07. The van der Waals surface area contributed by atoms with Gasteiger partial charge in [-0.25, -0.2) is 4.98 Å². The molecule has 3 aromatic rings. The molecule has 1 heterocycles. The molecule has 0 radical (unpaired) electrons. The third kappa shape index (κ3) is 4.00. The molecule has 0 aliphatic heterocycles. The van der Waals surface area contributed by atoms with E-state index in [1.54, 1.807) is 29.6 Å². The van der Waals surface area contributed by atoms with Gasteiger partial charge in [-0.3, -0.25) is 10.1 Å². The van der Waals surface area contributed by atoms with E-state index in [0.717, 1.165) is 23.5 Å². The van der Waals surface area contributed by atoms with Gasteiger partial charge >= 0.3 is 6.18 Å². The molecule has 0 aliphatic carbocycles. The highest BCUT2D eigenvalue weighted by molar-refractivity contribution is 7.14. The fourth-order valence-electron chi connectivity index (χ4n) is 2.13. The molecule has 2 aromatic carbocycles. The maximum atomic E-state index is 12.8. The lowest BCUT2D eigenvalue weighted by atomic mass is 10.1. The normalized spacial score (nSPS) is 11.4. The minimum absolute atomic E-state index is 0.275. The number of nitrogens with zero attached hydrogens (tertiary/aromatic N) is 1. The summed E-state index contributed by atoms with van der Waals surface area (Å²) in [4.78, 5) is 16.4. The molecule has 0 spiro atoms. The van der Waals surface area contributed by atoms with Crippen molar-refractivity contribution in [1.29, 1.82) is 0 Å². The van der Waals surface area contributed by atoms with Gasteiger partial charge in [0.15, 0.2) is 5.13 Å². The SMILES string of the molecule is O=C(Nc1nc(-c2cccc(C(F)(F)F)c2)cs1)c1ccccc1Cl. The molecule has 0 saturated carbocycles. The molecule has 0 bridgehead atoms. The molecule has 1 amide bonds. The second kappa shape index (κ2) is 6.85. The van der Waals surface area contributed by atoms with Gasteiger partial charge in [0, 0.05) is 10.9 Å². The number of carbonyl (C=O) groups excluding carboxylic acids is 1. The van der Waals surface area contributed by atoms with Crippen LogP contribution in [-0.4, -0.2) is 10.9 Å². The van der Waals surface area contributed by atoms with Crippen LogP contribution in [-0.2, 0) is 6.18 Å². The van der Waals surface area contributed by atoms with E-state index >= 15 is 0 Å². The van der Waals surface area contributed by atoms with Crippen LogP contribution < -0.4 is 5.32 Å². The highest BCUT2D eigenvalue weighted by Crippen LogP contribution is 2.33. The standard InChI is InChI=1S/C17H10ClF3N2OS/c18-13-7-2-1-6-12(13)15(24)23-16-22-14(9-25-16)10-4-3-5-11(8-10)17(19,20)21/h1-9H,(H,22,23,24). The summed E-state index contributed by atoms with van der Waals surface area (Å²) in [7, 11) is 0. The fraction of sp³-hybridized carbons (Fsp3) is 0.0588. The van der Waals surface area contributed by atoms with Crippen molar-refractivity contribution < 1.29 is 18.0 Å². The molecule has 0 atom stereocenters. The fourth-order valence-corrected chi connectivity index (χ4v) is 3.06. The van der Waals surface area contributed by atoms with Crippen LogP contribution in [0.15, 0.2) is 53.9 Å². The predicted octanol–water partition coefficient (Wildman–Crippen LogP) is 5.73. The molecule has 25 heavy (non-hydrogen) atoms. The summed E-state index contributed by atoms with van der Waals surface area (Å²) < 4.78 is 38.4. The second-order valence-corrected chi connectivity index (χ2v) is 6.32. The zero-order chi connectivity index (χ0) is 18.0. The summed E-state index contributed by atoms with van der Waals surface area (Å²) in [5.41, 5.74) is 0.217. The van der Waals surface area contributed by atoms with Crippen molar-refractivity contribution in [2.75, 3.05) is 5.32 Å². The number of halogens is 4. The summed E-state index contributed by atoms with van der Waals surface area (Å²) in [5.74, 6) is -0.435. The Labute approximate surface area is 150 Å². The number of carbonyl (C=O) groups is 1. The summed E-state index contributed by atoms with van der Waals surface area (Å²) in [6, 6.07) is 11.4. The number of benzene rings is 2. The van der Waals surface area contributed by atoms with E-state index in [-0.39, 0.29) is 5.13 Å². The molecule has 0 aliphatic rings. The van der Waals surface area contributed by atoms with Crippen LogP contribution in [0.3, 0.4) is 0 Å². The summed E-state index contributed by atoms with van der Waals surface area (Å²) in [5, 5.41) is 4.75. The number of anilines is 1. The van der Waals surface area contributed by atoms with Crippen LogP contribution in [0.25, 0.3) is 11.3 Å². The molecule has 8 heteroatoms. The highest BCUT2D eigenvalue weighted by atomic mass is 35.5. The number of aromatic nitrogens is 1. The van der Waals surface area contributed by atoms with Gasteiger partial charge in [-0.05, 0) is 24.3 Å². The summed E-state index contributed by atoms with van der Waals surface area (Å²) >= 11 is 7.08. The van der Waals surface area contributed by atoms with Crippen molar-refractivity contribution in [1.82, 2.24) is 4.98 Å². The zero-order valence-corrected chi connectivity index (χ0v) is 14.0. The molecule has 128 valence electrons. The van der Waals surface area contributed by atoms with Crippen molar-refractivity contribution in [3.8, 4) is 11.3 Å². The Hall–Kier alpha value is -2.38. The number of amides is 1. The van der Waals surface area contributed by atoms with Gasteiger partial charge in [-0.2, -0.15) is 13.2 Å². The summed E-state index contributed by atoms with van der Waals surface area (Å²) in [6.45, 7) is 0. The number of hydrogen-bond acceptors (Lipinski definition) is 3. The van der Waals surface area contributed by atoms with Crippen molar-refractivity contribution in [2.24, 2.45) is 0 Å². The van der Waals surface area contributed by atoms with E-state index in [4.69, 9.17) is 11.6 Å². The lowest BCUT2D eigenvalue weighted by Crippen LogP contribution is -2.12. The zero-order valence-electron chi connectivity index (χ0n) is 12.5. The van der Waals surface area contributed by atoms with E-state index in [0.29, 0.717) is 21.8 Å². The Morgan fingerprint density at radius 3 is 2.60 bits per heavy atom. The van der Waals surface area contributed by atoms with E-state index in [1.165, 1.54) is 12.1 Å². The van der Waals surface area contributed by atoms with E-state index in [1.807, 2.05) is 0 Å². The monoisotopic (exact) mass is 382 g/mol. The number of nitrogens with one attached hydrogen (secondary N) is 1. The minimum atomic E-state index is -4.42. The largest absolute Gasteiger partial charge is 0.416 e. The molecule has 0 fully saturated rings. The van der Waals surface area contributed by atoms with E-state index in [2.05, 4.69) is 10.3 Å². The number of rotatable bonds is 3. The molecule has 3 rings (SSSR count). The maximum Gasteiger partial charge on any atom is 0.416 e. The third-order valence-corrected chi connectivity index (χ3v) is 4.42. The van der Waals surface area contributed by atoms with Crippen molar-refractivity contribution in [2.45, 2.75) is 6.18 Å². The first-order chi connectivity index (χ1) is 11.8. The first kappa shape index (κ1) is 17.4. The molecule has 0 saturated heterocycles. The first-order valence-electron chi connectivity index (χ1n) is 7.03. The Balaban J connectivity index is 1.82. The van der Waals surface area contributed by atoms with Crippen LogP contribution in [0.5, 0.6) is 0 Å². The van der Waals surface area contributed by atoms with Gasteiger partial charge in [-0.15, -0.1) is 11.3 Å². The Morgan fingerprint density at radius 2 is 1.88 bits per heavy atom. The number of thiazole rings is 1. The molecular formula is C17H10ClF3N2OS. The smallest absolute Gasteiger partial charge is 0.298 e. The Morgan fingerprint density at radius 1 is 1.12 bits per heavy atom. The van der Waals surface area contributed by atoms with Crippen LogP contribution in [0.4, 0.5) is 18.3 Å². The van der Waals surface area contributed by atoms with E-state index in [9.17, 15) is 18.0 Å². The van der Waals surface area contributed by atoms with Crippen molar-refractivity contribution in [3.05, 3.63) is 70.1 Å². The topological polar surface area (TPSA) is 42.0 Å². The van der Waals surface area contributed by atoms with Gasteiger partial charge < -0.3 is 0 Å². The molecule has 1 aromatic heterocycles. The molecule has 3 nitrogen and oxygen atoms in total. The minimum Gasteiger partial charge on any atom is -0.298 e. The van der Waals surface area contributed by atoms with Gasteiger partial charge in [0.2, 0.25) is 0 Å². The van der Waals surface area contributed by atoms with Crippen LogP contribution in [0, 0.1) is 0 Å². The van der Waals surface area contributed by atoms with Crippen molar-refractivity contribution >= 4 is 34.0 Å². The first-order valence-corrected chi connectivity index (χ1v) is 8.29. The number of alkyl halides is 3. The van der Waals surface area contributed by atoms with Gasteiger partial charge in [0.05, 0.1) is 21.8 Å². The maximum absolute atomic E-state index is 12.8. The van der Waals surface area contributed by atoms with E-state index < -0.39 is 17.6 Å². The van der Waals surface area contributed by atoms with Gasteiger partial charge in [0.25, 0.3) is 5.91 Å². The lowest BCUT2D eigenvalue weighted by molar-refractivity contribution is -0.137. The Kier molecular flexibility index (Phi) is 4.78. The number of hydrogen-bond donors (Lipinski definition) is 1. The van der Waals surface area contributed by atoms with Crippen LogP contribution in [0.1, 0.15) is 15.9 Å². The average molecular weight is 383 g/mol. The third-order valence-electron chi connectivity index (χ3n) is 3.33. The van der Waals surface area contributed by atoms with Crippen LogP contribution in [0.2, 0.25) is 5.02 Å². The quantitative estimate of drug-likeness (QED) is 0.628. The van der Waals surface area contributed by atoms with Gasteiger partial charge in [-0.1, -0.05) is 35.9 Å². The Bertz CT molecular complexity index is 924. The van der Waals surface area contributed by atoms with Crippen molar-refractivity contribution in [3.63, 3.8) is 0 Å². The van der Waals surface area contributed by atoms with Crippen LogP contribution >= 0.6 is 22.9 Å². The predicted molar refractivity (Wildman–Crippen MR) is 92.0 cm³/mol. The summed E-state index contributed by atoms with van der Waals surface area (Å²) in [6.07, 6.45) is -4.42. The average Bonchev–Trinajstić information content (AvgIpc) is 3.03.